The Labute approximate surface area is 115 Å². The monoisotopic (exact) mass is 283 g/mol. The van der Waals surface area contributed by atoms with E-state index in [2.05, 4.69) is 15.5 Å². The van der Waals surface area contributed by atoms with Crippen molar-refractivity contribution in [1.29, 1.82) is 0 Å². The molecule has 1 saturated heterocycles. The molecule has 6 nitrogen and oxygen atoms in total. The van der Waals surface area contributed by atoms with E-state index in [-0.39, 0.29) is 23.7 Å². The van der Waals surface area contributed by atoms with Crippen molar-refractivity contribution in [3.05, 3.63) is 5.51 Å². The first-order valence-electron chi connectivity index (χ1n) is 6.17. The topological polar surface area (TPSA) is 81.2 Å². The number of ether oxygens (including phenoxy) is 1. The minimum absolute atomic E-state index is 0.144. The molecule has 0 bridgehead atoms. The van der Waals surface area contributed by atoms with Gasteiger partial charge in [-0.25, -0.2) is 0 Å². The van der Waals surface area contributed by atoms with E-state index in [0.29, 0.717) is 18.0 Å². The molecule has 19 heavy (non-hydrogen) atoms. The van der Waals surface area contributed by atoms with Gasteiger partial charge in [0.1, 0.15) is 11.1 Å². The van der Waals surface area contributed by atoms with Crippen molar-refractivity contribution in [2.75, 3.05) is 5.32 Å². The third-order valence-electron chi connectivity index (χ3n) is 3.12. The third kappa shape index (κ3) is 3.50. The molecular weight excluding hydrogens is 266 g/mol. The van der Waals surface area contributed by atoms with Crippen molar-refractivity contribution in [2.45, 2.75) is 39.2 Å². The van der Waals surface area contributed by atoms with E-state index in [1.807, 2.05) is 13.8 Å². The number of carbonyl (C=O) groups excluding carboxylic acids is 2. The van der Waals surface area contributed by atoms with Crippen LogP contribution in [0.5, 0.6) is 0 Å². The van der Waals surface area contributed by atoms with Gasteiger partial charge in [0.05, 0.1) is 5.92 Å². The first-order chi connectivity index (χ1) is 8.87. The van der Waals surface area contributed by atoms with Crippen LogP contribution in [0, 0.1) is 11.8 Å². The number of nitrogens with one attached hydrogen (secondary N) is 1. The molecule has 7 heteroatoms. The Balaban J connectivity index is 1.89. The highest BCUT2D eigenvalue weighted by molar-refractivity contribution is 7.13. The van der Waals surface area contributed by atoms with E-state index in [0.717, 1.165) is 0 Å². The maximum Gasteiger partial charge on any atom is 0.309 e. The molecule has 2 rings (SSSR count). The average Bonchev–Trinajstić information content (AvgIpc) is 2.87. The average molecular weight is 283 g/mol. The van der Waals surface area contributed by atoms with Gasteiger partial charge in [-0.2, -0.15) is 0 Å². The fraction of sp³-hybridized carbons (Fsp3) is 0.667. The molecule has 1 aromatic rings. The van der Waals surface area contributed by atoms with Gasteiger partial charge in [0.15, 0.2) is 0 Å². The van der Waals surface area contributed by atoms with Gasteiger partial charge < -0.3 is 10.1 Å². The van der Waals surface area contributed by atoms with Crippen LogP contribution in [-0.2, 0) is 14.3 Å². The molecule has 1 aliphatic rings. The summed E-state index contributed by atoms with van der Waals surface area (Å²) < 4.78 is 5.26. The summed E-state index contributed by atoms with van der Waals surface area (Å²) in [6.45, 7) is 5.57. The minimum Gasteiger partial charge on any atom is -0.459 e. The molecule has 104 valence electrons. The van der Waals surface area contributed by atoms with Gasteiger partial charge in [-0.3, -0.25) is 9.59 Å². The van der Waals surface area contributed by atoms with Gasteiger partial charge >= 0.3 is 5.97 Å². The Morgan fingerprint density at radius 3 is 2.95 bits per heavy atom. The number of aromatic nitrogens is 2. The van der Waals surface area contributed by atoms with E-state index in [1.54, 1.807) is 12.4 Å². The number of nitrogens with zero attached hydrogens (tertiary/aromatic N) is 2. The molecule has 1 aromatic heterocycles. The molecule has 1 N–H and O–H groups in total. The largest absolute Gasteiger partial charge is 0.459 e. The van der Waals surface area contributed by atoms with Crippen LogP contribution in [0.2, 0.25) is 0 Å². The van der Waals surface area contributed by atoms with Gasteiger partial charge in [0.2, 0.25) is 11.0 Å². The zero-order valence-corrected chi connectivity index (χ0v) is 12.0. The second kappa shape index (κ2) is 5.24. The number of rotatable bonds is 4. The van der Waals surface area contributed by atoms with Gasteiger partial charge in [-0.1, -0.05) is 18.3 Å². The number of hydrogen-bond acceptors (Lipinski definition) is 6. The molecule has 0 unspecified atom stereocenters. The first kappa shape index (κ1) is 13.9. The fourth-order valence-electron chi connectivity index (χ4n) is 2.24. The van der Waals surface area contributed by atoms with Crippen molar-refractivity contribution < 1.29 is 14.3 Å². The second-order valence-electron chi connectivity index (χ2n) is 5.45. The number of esters is 1. The summed E-state index contributed by atoms with van der Waals surface area (Å²) in [6, 6.07) is 0. The van der Waals surface area contributed by atoms with Crippen molar-refractivity contribution in [3.8, 4) is 0 Å². The van der Waals surface area contributed by atoms with Crippen LogP contribution < -0.4 is 5.32 Å². The number of hydrogen-bond donors (Lipinski definition) is 1. The molecule has 2 heterocycles. The van der Waals surface area contributed by atoms with Crippen LogP contribution in [0.4, 0.5) is 5.13 Å². The third-order valence-corrected chi connectivity index (χ3v) is 3.73. The Hall–Kier alpha value is -1.50. The Morgan fingerprint density at radius 1 is 1.68 bits per heavy atom. The summed E-state index contributed by atoms with van der Waals surface area (Å²) >= 11 is 1.27. The summed E-state index contributed by atoms with van der Waals surface area (Å²) in [5, 5.41) is 10.6. The molecule has 1 fully saturated rings. The SMILES string of the molecule is C[C@@H](C[C@H]1CC(C)(C)OC1=O)C(=O)Nc1nncs1. The molecule has 0 spiro atoms. The normalized spacial score (nSPS) is 22.9. The summed E-state index contributed by atoms with van der Waals surface area (Å²) in [7, 11) is 0. The summed E-state index contributed by atoms with van der Waals surface area (Å²) in [5.74, 6) is -0.824. The first-order valence-corrected chi connectivity index (χ1v) is 7.05. The van der Waals surface area contributed by atoms with Crippen molar-refractivity contribution >= 4 is 28.3 Å². The predicted molar refractivity (Wildman–Crippen MR) is 70.6 cm³/mol. The number of amides is 1. The Morgan fingerprint density at radius 2 is 2.42 bits per heavy atom. The number of cyclic esters (lactones) is 1. The minimum atomic E-state index is -0.419. The highest BCUT2D eigenvalue weighted by atomic mass is 32.1. The summed E-state index contributed by atoms with van der Waals surface area (Å²) in [5.41, 5.74) is 1.13. The maximum atomic E-state index is 11.9. The molecule has 2 atom stereocenters. The number of anilines is 1. The van der Waals surface area contributed by atoms with Crippen LogP contribution >= 0.6 is 11.3 Å². The molecule has 0 radical (unpaired) electrons. The van der Waals surface area contributed by atoms with Gasteiger partial charge in [-0.05, 0) is 26.7 Å². The van der Waals surface area contributed by atoms with Crippen molar-refractivity contribution in [1.82, 2.24) is 10.2 Å². The molecule has 1 amide bonds. The molecule has 0 aliphatic carbocycles. The molecule has 1 aliphatic heterocycles. The van der Waals surface area contributed by atoms with E-state index in [4.69, 9.17) is 4.74 Å². The molecular formula is C12H17N3O3S. The van der Waals surface area contributed by atoms with E-state index >= 15 is 0 Å². The van der Waals surface area contributed by atoms with Crippen LogP contribution in [0.25, 0.3) is 0 Å². The van der Waals surface area contributed by atoms with E-state index in [9.17, 15) is 9.59 Å². The van der Waals surface area contributed by atoms with E-state index in [1.165, 1.54) is 11.3 Å². The highest BCUT2D eigenvalue weighted by Gasteiger charge is 2.41. The van der Waals surface area contributed by atoms with Crippen LogP contribution in [0.3, 0.4) is 0 Å². The van der Waals surface area contributed by atoms with Crippen LogP contribution in [0.1, 0.15) is 33.6 Å². The highest BCUT2D eigenvalue weighted by Crippen LogP contribution is 2.34. The Bertz CT molecular complexity index is 473. The lowest BCUT2D eigenvalue weighted by atomic mass is 9.89. The quantitative estimate of drug-likeness (QED) is 0.853. The summed E-state index contributed by atoms with van der Waals surface area (Å²) in [4.78, 5) is 23.6. The van der Waals surface area contributed by atoms with Gasteiger partial charge in [0, 0.05) is 5.92 Å². The molecule has 0 saturated carbocycles. The summed E-state index contributed by atoms with van der Waals surface area (Å²) in [6.07, 6.45) is 1.15. The van der Waals surface area contributed by atoms with E-state index < -0.39 is 5.60 Å². The fourth-order valence-corrected chi connectivity index (χ4v) is 2.69. The maximum absolute atomic E-state index is 11.9. The van der Waals surface area contributed by atoms with Crippen molar-refractivity contribution in [2.24, 2.45) is 11.8 Å². The van der Waals surface area contributed by atoms with Crippen LogP contribution in [0.15, 0.2) is 5.51 Å². The van der Waals surface area contributed by atoms with Gasteiger partial charge in [0.25, 0.3) is 0 Å². The zero-order chi connectivity index (χ0) is 14.0. The second-order valence-corrected chi connectivity index (χ2v) is 6.28. The zero-order valence-electron chi connectivity index (χ0n) is 11.2. The predicted octanol–water partition coefficient (Wildman–Crippen LogP) is 1.84. The lowest BCUT2D eigenvalue weighted by molar-refractivity contribution is -0.148. The van der Waals surface area contributed by atoms with Crippen molar-refractivity contribution in [3.63, 3.8) is 0 Å². The number of carbonyl (C=O) groups is 2. The lowest BCUT2D eigenvalue weighted by Crippen LogP contribution is -2.24. The van der Waals surface area contributed by atoms with Gasteiger partial charge in [-0.15, -0.1) is 10.2 Å². The smallest absolute Gasteiger partial charge is 0.309 e. The molecule has 0 aromatic carbocycles. The standard InChI is InChI=1S/C12H17N3O3S/c1-7(9(16)14-11-15-13-6-19-11)4-8-5-12(2,3)18-10(8)17/h6-8H,4-5H2,1-3H3,(H,14,15,16)/t7-,8-/m0/s1. The lowest BCUT2D eigenvalue weighted by Gasteiger charge is -2.15. The van der Waals surface area contributed by atoms with Crippen LogP contribution in [-0.4, -0.2) is 27.7 Å². The Kier molecular flexibility index (Phi) is 3.84.